The number of carbonyl (C=O) groups excluding carboxylic acids is 3. The molecule has 0 rings (SSSR count). The third-order valence-corrected chi connectivity index (χ3v) is 0.866. The summed E-state index contributed by atoms with van der Waals surface area (Å²) in [5.41, 5.74) is 0. The predicted molar refractivity (Wildman–Crippen MR) is 51.6 cm³/mol. The molecule has 0 bridgehead atoms. The molecule has 0 aromatic carbocycles. The van der Waals surface area contributed by atoms with Crippen LogP contribution >= 0.6 is 0 Å². The molecule has 0 aliphatic carbocycles. The van der Waals surface area contributed by atoms with Gasteiger partial charge >= 0.3 is 56.9 Å². The van der Waals surface area contributed by atoms with E-state index < -0.39 is 17.9 Å². The van der Waals surface area contributed by atoms with Crippen LogP contribution in [0.15, 0.2) is 0 Å². The Morgan fingerprint density at radius 1 is 0.706 bits per heavy atom. The first-order valence-electron chi connectivity index (χ1n) is 4.41. The fourth-order valence-electron chi connectivity index (χ4n) is 0. The minimum absolute atomic E-state index is 0. The van der Waals surface area contributed by atoms with Crippen LogP contribution in [0.2, 0.25) is 0 Å². The van der Waals surface area contributed by atoms with Crippen molar-refractivity contribution in [2.45, 2.75) is 40.0 Å². The molecule has 0 amide bonds. The predicted octanol–water partition coefficient (Wildman–Crippen LogP) is -5.94. The average molecular weight is 449 g/mol. The van der Waals surface area contributed by atoms with Crippen molar-refractivity contribution in [3.63, 3.8) is 0 Å². The van der Waals surface area contributed by atoms with Gasteiger partial charge in [0, 0.05) is 17.9 Å². The molecule has 0 aromatic heterocycles. The summed E-state index contributed by atoms with van der Waals surface area (Å²) in [6.07, 6.45) is 0.333. The third-order valence-electron chi connectivity index (χ3n) is 0.866. The Morgan fingerprint density at radius 2 is 0.765 bits per heavy atom. The van der Waals surface area contributed by atoms with Crippen LogP contribution in [0.3, 0.4) is 0 Å². The summed E-state index contributed by atoms with van der Waals surface area (Å²) >= 11 is 0. The zero-order chi connectivity index (χ0) is 12.9. The maximum Gasteiger partial charge on any atom is 2.00 e. The largest absolute Gasteiger partial charge is 2.00 e. The molecule has 6 nitrogen and oxygen atoms in total. The molecule has 0 heterocycles. The van der Waals surface area contributed by atoms with Gasteiger partial charge in [0.15, 0.2) is 0 Å². The molecule has 0 atom stereocenters. The number of carbonyl (C=O) groups is 3. The van der Waals surface area contributed by atoms with Crippen molar-refractivity contribution >= 4 is 45.2 Å². The Hall–Kier alpha value is 0.332. The van der Waals surface area contributed by atoms with E-state index in [1.165, 1.54) is 20.8 Å². The number of hydrogen-bond acceptors (Lipinski definition) is 6. The van der Waals surface area contributed by atoms with Gasteiger partial charge in [-0.2, -0.15) is 0 Å². The standard InChI is InChI=1S/3C3H6O2.Na.Pb/c3*1-2-3(4)5;;/h3*2H2,1H3,(H,4,5);;/q;;;+1;+2/p-3. The van der Waals surface area contributed by atoms with Crippen LogP contribution < -0.4 is 44.9 Å². The number of hydrogen-bond donors (Lipinski definition) is 0. The summed E-state index contributed by atoms with van der Waals surface area (Å²) in [6.45, 7) is 4.61. The number of aliphatic carboxylic acids is 3. The van der Waals surface area contributed by atoms with Crippen LogP contribution in [-0.4, -0.2) is 45.2 Å². The summed E-state index contributed by atoms with van der Waals surface area (Å²) in [5.74, 6) is -2.99. The molecule has 0 saturated carbocycles. The van der Waals surface area contributed by atoms with Crippen molar-refractivity contribution in [3.05, 3.63) is 0 Å². The molecule has 17 heavy (non-hydrogen) atoms. The molecule has 0 aliphatic heterocycles. The molecular weight excluding hydrogens is 434 g/mol. The van der Waals surface area contributed by atoms with Crippen LogP contribution in [0.5, 0.6) is 0 Å². The van der Waals surface area contributed by atoms with Gasteiger partial charge in [0.25, 0.3) is 0 Å². The van der Waals surface area contributed by atoms with Gasteiger partial charge in [0.1, 0.15) is 0 Å². The SMILES string of the molecule is CCC(=O)[O-].CCC(=O)[O-].CCC(=O)[O-].[Na+].[Pb+2]. The third kappa shape index (κ3) is 83.7. The van der Waals surface area contributed by atoms with Gasteiger partial charge in [-0.25, -0.2) is 0 Å². The number of carboxylic acid groups (broad SMARTS) is 3. The average Bonchev–Trinajstić information content (AvgIpc) is 2.19. The molecule has 0 spiro atoms. The smallest absolute Gasteiger partial charge is 0.550 e. The zero-order valence-corrected chi connectivity index (χ0v) is 16.5. The Kier molecular flexibility index (Phi) is 45.1. The second kappa shape index (κ2) is 25.2. The van der Waals surface area contributed by atoms with E-state index in [1.807, 2.05) is 0 Å². The van der Waals surface area contributed by atoms with Gasteiger partial charge < -0.3 is 29.7 Å². The van der Waals surface area contributed by atoms with E-state index in [4.69, 9.17) is 0 Å². The number of rotatable bonds is 3. The normalized spacial score (nSPS) is 6.53. The first-order valence-corrected chi connectivity index (χ1v) is 4.41. The van der Waals surface area contributed by atoms with E-state index in [0.29, 0.717) is 0 Å². The van der Waals surface area contributed by atoms with Crippen LogP contribution in [0.4, 0.5) is 0 Å². The summed E-state index contributed by atoms with van der Waals surface area (Å²) < 4.78 is 0. The summed E-state index contributed by atoms with van der Waals surface area (Å²) in [7, 11) is 0. The van der Waals surface area contributed by atoms with Crippen molar-refractivity contribution in [2.75, 3.05) is 0 Å². The van der Waals surface area contributed by atoms with Crippen molar-refractivity contribution in [2.24, 2.45) is 0 Å². The Bertz CT molecular complexity index is 165. The fraction of sp³-hybridized carbons (Fsp3) is 0.667. The van der Waals surface area contributed by atoms with Crippen LogP contribution in [0.25, 0.3) is 0 Å². The molecule has 0 fully saturated rings. The van der Waals surface area contributed by atoms with Gasteiger partial charge in [0.05, 0.1) is 0 Å². The Balaban J connectivity index is -0.0000000400. The summed E-state index contributed by atoms with van der Waals surface area (Å²) in [6, 6.07) is 0. The maximum atomic E-state index is 9.26. The topological polar surface area (TPSA) is 120 Å². The Morgan fingerprint density at radius 3 is 0.765 bits per heavy atom. The van der Waals surface area contributed by atoms with Crippen LogP contribution in [0.1, 0.15) is 40.0 Å². The fourth-order valence-corrected chi connectivity index (χ4v) is 0. The molecule has 92 valence electrons. The van der Waals surface area contributed by atoms with E-state index in [-0.39, 0.29) is 76.1 Å². The molecule has 0 N–H and O–H groups in total. The monoisotopic (exact) mass is 450 g/mol. The molecule has 0 aliphatic rings. The maximum absolute atomic E-state index is 9.26. The quantitative estimate of drug-likeness (QED) is 0.396. The molecule has 0 saturated heterocycles. The van der Waals surface area contributed by atoms with Crippen molar-refractivity contribution < 1.29 is 59.3 Å². The van der Waals surface area contributed by atoms with E-state index in [0.717, 1.165) is 0 Å². The minimum atomic E-state index is -0.995. The van der Waals surface area contributed by atoms with Gasteiger partial charge in [-0.15, -0.1) is 0 Å². The molecular formula is C9H15NaO6Pb. The molecule has 8 heteroatoms. The van der Waals surface area contributed by atoms with Gasteiger partial charge in [0.2, 0.25) is 0 Å². The summed E-state index contributed by atoms with van der Waals surface area (Å²) in [4.78, 5) is 27.8. The van der Waals surface area contributed by atoms with E-state index in [9.17, 15) is 29.7 Å². The van der Waals surface area contributed by atoms with Crippen molar-refractivity contribution in [1.29, 1.82) is 0 Å². The minimum Gasteiger partial charge on any atom is -0.550 e. The number of carboxylic acids is 3. The molecule has 0 aromatic rings. The second-order valence-electron chi connectivity index (χ2n) is 2.18. The van der Waals surface area contributed by atoms with Crippen molar-refractivity contribution in [1.82, 2.24) is 0 Å². The van der Waals surface area contributed by atoms with Gasteiger partial charge in [-0.05, 0) is 19.3 Å². The van der Waals surface area contributed by atoms with E-state index in [2.05, 4.69) is 0 Å². The second-order valence-corrected chi connectivity index (χ2v) is 2.18. The first-order chi connectivity index (χ1) is 6.81. The molecule has 2 radical (unpaired) electrons. The van der Waals surface area contributed by atoms with E-state index >= 15 is 0 Å². The zero-order valence-electron chi connectivity index (χ0n) is 10.6. The van der Waals surface area contributed by atoms with Gasteiger partial charge in [-0.1, -0.05) is 20.8 Å². The van der Waals surface area contributed by atoms with Crippen LogP contribution in [0, 0.1) is 0 Å². The Labute approximate surface area is 143 Å². The summed E-state index contributed by atoms with van der Waals surface area (Å²) in [5, 5.41) is 27.8. The van der Waals surface area contributed by atoms with Gasteiger partial charge in [-0.3, -0.25) is 0 Å². The van der Waals surface area contributed by atoms with Crippen LogP contribution in [-0.2, 0) is 14.4 Å². The van der Waals surface area contributed by atoms with E-state index in [1.54, 1.807) is 0 Å². The van der Waals surface area contributed by atoms with Crippen molar-refractivity contribution in [3.8, 4) is 0 Å². The molecule has 0 unspecified atom stereocenters. The first kappa shape index (κ1) is 30.4.